The van der Waals surface area contributed by atoms with E-state index in [9.17, 15) is 9.59 Å². The number of methoxy groups -OCH3 is 1. The van der Waals surface area contributed by atoms with Gasteiger partial charge in [-0.2, -0.15) is 0 Å². The standard InChI is InChI=1S/C22H27ClO3/c1-22-10-9-17-16-7-5-15(23)11-13(16)3-6-18(17)21(22)14(12-19(22)24)4-8-20(25)26-2/h5,7,11,14,17-18,21H,3-4,6,8-10,12H2,1-2H3/t14-,17?,18?,21?,22-/m1/s1. The molecule has 0 N–H and O–H groups in total. The van der Waals surface area contributed by atoms with E-state index in [1.54, 1.807) is 0 Å². The molecule has 0 aliphatic heterocycles. The van der Waals surface area contributed by atoms with E-state index < -0.39 is 0 Å². The molecule has 0 spiro atoms. The van der Waals surface area contributed by atoms with Crippen LogP contribution in [-0.2, 0) is 20.7 Å². The van der Waals surface area contributed by atoms with Gasteiger partial charge in [-0.25, -0.2) is 0 Å². The van der Waals surface area contributed by atoms with Crippen molar-refractivity contribution in [1.29, 1.82) is 0 Å². The first-order valence-electron chi connectivity index (χ1n) is 9.82. The van der Waals surface area contributed by atoms with Crippen LogP contribution in [0.15, 0.2) is 18.2 Å². The van der Waals surface area contributed by atoms with E-state index in [1.807, 2.05) is 6.07 Å². The molecule has 4 heteroatoms. The molecular formula is C22H27ClO3. The van der Waals surface area contributed by atoms with Crippen LogP contribution in [0.4, 0.5) is 0 Å². The van der Waals surface area contributed by atoms with Crippen LogP contribution in [0.3, 0.4) is 0 Å². The minimum atomic E-state index is -0.202. The van der Waals surface area contributed by atoms with Gasteiger partial charge < -0.3 is 4.74 Å². The van der Waals surface area contributed by atoms with Crippen LogP contribution in [0.1, 0.15) is 62.5 Å². The SMILES string of the molecule is COC(=O)CC[C@@H]1CC(=O)[C@@]2(C)CCC3c4ccc(Cl)cc4CCC3C12. The lowest BCUT2D eigenvalue weighted by atomic mass is 9.54. The third-order valence-corrected chi connectivity index (χ3v) is 7.71. The van der Waals surface area contributed by atoms with Crippen molar-refractivity contribution in [3.05, 3.63) is 34.3 Å². The van der Waals surface area contributed by atoms with Crippen LogP contribution in [0.2, 0.25) is 5.02 Å². The average molecular weight is 375 g/mol. The zero-order valence-electron chi connectivity index (χ0n) is 15.6. The molecule has 3 aliphatic rings. The van der Waals surface area contributed by atoms with E-state index in [0.29, 0.717) is 42.3 Å². The number of rotatable bonds is 3. The number of Topliss-reactive ketones (excluding diaryl/α,β-unsaturated/α-hetero) is 1. The summed E-state index contributed by atoms with van der Waals surface area (Å²) in [6.45, 7) is 2.19. The maximum absolute atomic E-state index is 12.9. The second kappa shape index (κ2) is 6.67. The molecule has 0 heterocycles. The third-order valence-electron chi connectivity index (χ3n) is 7.48. The summed E-state index contributed by atoms with van der Waals surface area (Å²) in [5, 5.41) is 0.815. The first kappa shape index (κ1) is 18.0. The Kier molecular flexibility index (Phi) is 4.63. The average Bonchev–Trinajstić information content (AvgIpc) is 2.89. The summed E-state index contributed by atoms with van der Waals surface area (Å²) in [6, 6.07) is 6.33. The second-order valence-corrected chi connectivity index (χ2v) is 9.07. The fourth-order valence-electron chi connectivity index (χ4n) is 6.28. The molecule has 3 aliphatic carbocycles. The van der Waals surface area contributed by atoms with Gasteiger partial charge in [0.05, 0.1) is 7.11 Å². The van der Waals surface area contributed by atoms with Gasteiger partial charge in [-0.05, 0) is 79.0 Å². The second-order valence-electron chi connectivity index (χ2n) is 8.64. The van der Waals surface area contributed by atoms with Crippen LogP contribution >= 0.6 is 11.6 Å². The normalized spacial score (nSPS) is 35.4. The van der Waals surface area contributed by atoms with Crippen molar-refractivity contribution in [3.63, 3.8) is 0 Å². The van der Waals surface area contributed by atoms with E-state index in [2.05, 4.69) is 19.1 Å². The fraction of sp³-hybridized carbons (Fsp3) is 0.636. The van der Waals surface area contributed by atoms with E-state index in [-0.39, 0.29) is 11.4 Å². The molecule has 26 heavy (non-hydrogen) atoms. The Morgan fingerprint density at radius 2 is 2.15 bits per heavy atom. The van der Waals surface area contributed by atoms with Crippen molar-refractivity contribution in [2.75, 3.05) is 7.11 Å². The van der Waals surface area contributed by atoms with Crippen molar-refractivity contribution in [2.45, 2.75) is 57.8 Å². The molecule has 0 radical (unpaired) electrons. The summed E-state index contributed by atoms with van der Waals surface area (Å²) in [7, 11) is 1.44. The molecule has 5 atom stereocenters. The van der Waals surface area contributed by atoms with E-state index >= 15 is 0 Å². The monoisotopic (exact) mass is 374 g/mol. The number of hydrogen-bond acceptors (Lipinski definition) is 3. The van der Waals surface area contributed by atoms with Crippen LogP contribution in [0.5, 0.6) is 0 Å². The summed E-state index contributed by atoms with van der Waals surface area (Å²) in [5.74, 6) is 2.02. The number of ether oxygens (including phenoxy) is 1. The molecule has 0 aromatic heterocycles. The Balaban J connectivity index is 1.63. The van der Waals surface area contributed by atoms with Crippen LogP contribution in [-0.4, -0.2) is 18.9 Å². The predicted molar refractivity (Wildman–Crippen MR) is 101 cm³/mol. The molecule has 4 rings (SSSR count). The topological polar surface area (TPSA) is 43.4 Å². The summed E-state index contributed by atoms with van der Waals surface area (Å²) in [4.78, 5) is 24.5. The molecule has 2 saturated carbocycles. The van der Waals surface area contributed by atoms with E-state index in [0.717, 1.165) is 37.1 Å². The van der Waals surface area contributed by atoms with Crippen molar-refractivity contribution in [2.24, 2.45) is 23.2 Å². The lowest BCUT2D eigenvalue weighted by molar-refractivity contribution is -0.141. The third kappa shape index (κ3) is 2.79. The minimum absolute atomic E-state index is 0.165. The van der Waals surface area contributed by atoms with Crippen molar-refractivity contribution >= 4 is 23.4 Å². The molecular weight excluding hydrogens is 348 g/mol. The van der Waals surface area contributed by atoms with Gasteiger partial charge >= 0.3 is 5.97 Å². The number of aryl methyl sites for hydroxylation is 1. The van der Waals surface area contributed by atoms with Gasteiger partial charge in [0.1, 0.15) is 5.78 Å². The largest absolute Gasteiger partial charge is 0.469 e. The lowest BCUT2D eigenvalue weighted by Gasteiger charge is -2.50. The lowest BCUT2D eigenvalue weighted by Crippen LogP contribution is -2.44. The van der Waals surface area contributed by atoms with Crippen LogP contribution in [0.25, 0.3) is 0 Å². The van der Waals surface area contributed by atoms with Gasteiger partial charge in [0.2, 0.25) is 0 Å². The van der Waals surface area contributed by atoms with Gasteiger partial charge in [-0.15, -0.1) is 0 Å². The quantitative estimate of drug-likeness (QED) is 0.703. The van der Waals surface area contributed by atoms with Gasteiger partial charge in [-0.1, -0.05) is 24.6 Å². The summed E-state index contributed by atoms with van der Waals surface area (Å²) < 4.78 is 4.83. The van der Waals surface area contributed by atoms with Crippen LogP contribution < -0.4 is 0 Å². The smallest absolute Gasteiger partial charge is 0.305 e. The molecule has 0 bridgehead atoms. The molecule has 0 amide bonds. The first-order valence-corrected chi connectivity index (χ1v) is 10.2. The molecule has 2 fully saturated rings. The van der Waals surface area contributed by atoms with Crippen molar-refractivity contribution < 1.29 is 14.3 Å². The number of carbonyl (C=O) groups excluding carboxylic acids is 2. The van der Waals surface area contributed by atoms with Crippen molar-refractivity contribution in [1.82, 2.24) is 0 Å². The zero-order chi connectivity index (χ0) is 18.5. The summed E-state index contributed by atoms with van der Waals surface area (Å²) in [6.07, 6.45) is 6.05. The Morgan fingerprint density at radius 3 is 2.92 bits per heavy atom. The summed E-state index contributed by atoms with van der Waals surface area (Å²) >= 11 is 6.20. The Hall–Kier alpha value is -1.35. The Morgan fingerprint density at radius 1 is 1.35 bits per heavy atom. The van der Waals surface area contributed by atoms with Gasteiger partial charge in [0, 0.05) is 23.3 Å². The minimum Gasteiger partial charge on any atom is -0.469 e. The zero-order valence-corrected chi connectivity index (χ0v) is 16.3. The fourth-order valence-corrected chi connectivity index (χ4v) is 6.48. The van der Waals surface area contributed by atoms with E-state index in [4.69, 9.17) is 16.3 Å². The van der Waals surface area contributed by atoms with Gasteiger partial charge in [-0.3, -0.25) is 9.59 Å². The number of halogens is 1. The number of ketones is 1. The molecule has 1 aromatic carbocycles. The molecule has 140 valence electrons. The maximum Gasteiger partial charge on any atom is 0.305 e. The van der Waals surface area contributed by atoms with Gasteiger partial charge in [0.15, 0.2) is 0 Å². The van der Waals surface area contributed by atoms with E-state index in [1.165, 1.54) is 18.2 Å². The first-order chi connectivity index (χ1) is 12.4. The molecule has 3 unspecified atom stereocenters. The Bertz CT molecular complexity index is 743. The highest BCUT2D eigenvalue weighted by atomic mass is 35.5. The predicted octanol–water partition coefficient (Wildman–Crippen LogP) is 4.94. The molecule has 0 saturated heterocycles. The number of esters is 1. The molecule has 3 nitrogen and oxygen atoms in total. The Labute approximate surface area is 160 Å². The number of fused-ring (bicyclic) bond motifs is 5. The summed E-state index contributed by atoms with van der Waals surface area (Å²) in [5.41, 5.74) is 2.63. The number of benzene rings is 1. The van der Waals surface area contributed by atoms with Gasteiger partial charge in [0.25, 0.3) is 0 Å². The van der Waals surface area contributed by atoms with Crippen molar-refractivity contribution in [3.8, 4) is 0 Å². The number of hydrogen-bond donors (Lipinski definition) is 0. The highest BCUT2D eigenvalue weighted by Crippen LogP contribution is 2.62. The highest BCUT2D eigenvalue weighted by Gasteiger charge is 2.58. The van der Waals surface area contributed by atoms with Crippen LogP contribution in [0, 0.1) is 23.2 Å². The number of carbonyl (C=O) groups is 2. The maximum atomic E-state index is 12.9. The molecule has 1 aromatic rings. The highest BCUT2D eigenvalue weighted by molar-refractivity contribution is 6.30.